The molecule has 0 radical (unpaired) electrons. The van der Waals surface area contributed by atoms with Crippen LogP contribution >= 0.6 is 0 Å². The summed E-state index contributed by atoms with van der Waals surface area (Å²) in [6.07, 6.45) is 4.13. The van der Waals surface area contributed by atoms with E-state index >= 15 is 0 Å². The Morgan fingerprint density at radius 1 is 1.25 bits per heavy atom. The molecule has 3 aliphatic heterocycles. The molecule has 5 nitrogen and oxygen atoms in total. The highest BCUT2D eigenvalue weighted by atomic mass is 16.5. The molecule has 2 amide bonds. The summed E-state index contributed by atoms with van der Waals surface area (Å²) in [5.41, 5.74) is -0.222. The molecule has 2 atom stereocenters. The first-order chi connectivity index (χ1) is 9.58. The zero-order valence-corrected chi connectivity index (χ0v) is 12.4. The lowest BCUT2D eigenvalue weighted by atomic mass is 9.86. The van der Waals surface area contributed by atoms with Crippen molar-refractivity contribution in [2.24, 2.45) is 0 Å². The summed E-state index contributed by atoms with van der Waals surface area (Å²) in [5.74, 6) is 0.320. The minimum absolute atomic E-state index is 0.155. The Morgan fingerprint density at radius 2 is 1.95 bits per heavy atom. The third-order valence-corrected chi connectivity index (χ3v) is 5.19. The van der Waals surface area contributed by atoms with Gasteiger partial charge in [-0.1, -0.05) is 6.92 Å². The molecule has 5 heteroatoms. The van der Waals surface area contributed by atoms with Crippen LogP contribution in [0.15, 0.2) is 0 Å². The van der Waals surface area contributed by atoms with Gasteiger partial charge in [-0.15, -0.1) is 0 Å². The molecule has 3 aliphatic rings. The highest BCUT2D eigenvalue weighted by molar-refractivity contribution is 5.97. The second-order valence-electron chi connectivity index (χ2n) is 6.43. The first-order valence-electron chi connectivity index (χ1n) is 7.80. The van der Waals surface area contributed by atoms with Gasteiger partial charge in [0.05, 0.1) is 0 Å². The topological polar surface area (TPSA) is 49.9 Å². The van der Waals surface area contributed by atoms with Gasteiger partial charge < -0.3 is 14.5 Å². The SMILES string of the molecule is CCC1C(=O)N2CCCC2C(=O)N1C1(C)CCOCC1. The Bertz CT molecular complexity index is 417. The molecule has 0 N–H and O–H groups in total. The molecular formula is C15H24N2O3. The van der Waals surface area contributed by atoms with Crippen LogP contribution in [-0.2, 0) is 14.3 Å². The van der Waals surface area contributed by atoms with Crippen LogP contribution in [-0.4, -0.2) is 59.0 Å². The number of amides is 2. The number of hydrogen-bond acceptors (Lipinski definition) is 3. The van der Waals surface area contributed by atoms with Gasteiger partial charge in [-0.05, 0) is 39.0 Å². The molecule has 3 fully saturated rings. The average molecular weight is 280 g/mol. The van der Waals surface area contributed by atoms with E-state index < -0.39 is 0 Å². The van der Waals surface area contributed by atoms with Crippen LogP contribution in [0.4, 0.5) is 0 Å². The van der Waals surface area contributed by atoms with E-state index in [0.29, 0.717) is 19.6 Å². The predicted molar refractivity (Wildman–Crippen MR) is 74.1 cm³/mol. The number of ether oxygens (including phenoxy) is 1. The number of carbonyl (C=O) groups excluding carboxylic acids is 2. The standard InChI is InChI=1S/C15H24N2O3/c1-3-11-13(18)16-8-4-5-12(16)14(19)17(11)15(2)6-9-20-10-7-15/h11-12H,3-10H2,1-2H3. The third kappa shape index (κ3) is 1.94. The molecule has 3 heterocycles. The number of rotatable bonds is 2. The van der Waals surface area contributed by atoms with Gasteiger partial charge in [0.2, 0.25) is 11.8 Å². The van der Waals surface area contributed by atoms with Gasteiger partial charge in [0.25, 0.3) is 0 Å². The van der Waals surface area contributed by atoms with Gasteiger partial charge in [-0.3, -0.25) is 9.59 Å². The van der Waals surface area contributed by atoms with Crippen LogP contribution < -0.4 is 0 Å². The normalized spacial score (nSPS) is 33.5. The summed E-state index contributed by atoms with van der Waals surface area (Å²) in [7, 11) is 0. The molecule has 0 aliphatic carbocycles. The quantitative estimate of drug-likeness (QED) is 0.763. The van der Waals surface area contributed by atoms with Crippen molar-refractivity contribution < 1.29 is 14.3 Å². The molecule has 0 aromatic heterocycles. The number of fused-ring (bicyclic) bond motifs is 1. The lowest BCUT2D eigenvalue weighted by Gasteiger charge is -2.52. The first-order valence-corrected chi connectivity index (χ1v) is 7.80. The van der Waals surface area contributed by atoms with Gasteiger partial charge in [0.15, 0.2) is 0 Å². The largest absolute Gasteiger partial charge is 0.381 e. The molecule has 2 unspecified atom stereocenters. The van der Waals surface area contributed by atoms with E-state index in [1.54, 1.807) is 0 Å². The monoisotopic (exact) mass is 280 g/mol. The molecule has 0 aromatic rings. The second kappa shape index (κ2) is 5.02. The lowest BCUT2D eigenvalue weighted by Crippen LogP contribution is -2.69. The maximum Gasteiger partial charge on any atom is 0.246 e. The van der Waals surface area contributed by atoms with Crippen molar-refractivity contribution in [3.05, 3.63) is 0 Å². The third-order valence-electron chi connectivity index (χ3n) is 5.19. The zero-order chi connectivity index (χ0) is 14.3. The van der Waals surface area contributed by atoms with Crippen LogP contribution in [0.2, 0.25) is 0 Å². The molecule has 0 spiro atoms. The fourth-order valence-electron chi connectivity index (χ4n) is 3.95. The fraction of sp³-hybridized carbons (Fsp3) is 0.867. The van der Waals surface area contributed by atoms with Crippen molar-refractivity contribution in [2.45, 2.75) is 63.6 Å². The van der Waals surface area contributed by atoms with Crippen LogP contribution in [0.25, 0.3) is 0 Å². The summed E-state index contributed by atoms with van der Waals surface area (Å²) >= 11 is 0. The van der Waals surface area contributed by atoms with Crippen molar-refractivity contribution in [1.29, 1.82) is 0 Å². The minimum atomic E-state index is -0.278. The number of piperazine rings is 1. The Morgan fingerprint density at radius 3 is 2.60 bits per heavy atom. The zero-order valence-electron chi connectivity index (χ0n) is 12.4. The maximum absolute atomic E-state index is 12.9. The van der Waals surface area contributed by atoms with Crippen molar-refractivity contribution in [1.82, 2.24) is 9.80 Å². The lowest BCUT2D eigenvalue weighted by molar-refractivity contribution is -0.170. The fourth-order valence-corrected chi connectivity index (χ4v) is 3.95. The summed E-state index contributed by atoms with van der Waals surface area (Å²) in [4.78, 5) is 29.3. The van der Waals surface area contributed by atoms with Crippen LogP contribution in [0.5, 0.6) is 0 Å². The van der Waals surface area contributed by atoms with E-state index in [4.69, 9.17) is 4.74 Å². The molecule has 20 heavy (non-hydrogen) atoms. The van der Waals surface area contributed by atoms with E-state index in [-0.39, 0.29) is 29.4 Å². The molecule has 3 saturated heterocycles. The molecule has 0 bridgehead atoms. The van der Waals surface area contributed by atoms with Gasteiger partial charge in [-0.2, -0.15) is 0 Å². The number of nitrogens with zero attached hydrogens (tertiary/aromatic N) is 2. The summed E-state index contributed by atoms with van der Waals surface area (Å²) in [6.45, 7) is 6.23. The summed E-state index contributed by atoms with van der Waals surface area (Å²) in [6, 6.07) is -0.482. The van der Waals surface area contributed by atoms with Crippen LogP contribution in [0.1, 0.15) is 46.0 Å². The Hall–Kier alpha value is -1.10. The Kier molecular flexibility index (Phi) is 3.48. The van der Waals surface area contributed by atoms with Gasteiger partial charge in [-0.25, -0.2) is 0 Å². The first kappa shape index (κ1) is 13.9. The van der Waals surface area contributed by atoms with E-state index in [0.717, 1.165) is 32.2 Å². The minimum Gasteiger partial charge on any atom is -0.381 e. The summed E-state index contributed by atoms with van der Waals surface area (Å²) < 4.78 is 5.44. The highest BCUT2D eigenvalue weighted by Gasteiger charge is 2.52. The van der Waals surface area contributed by atoms with Gasteiger partial charge in [0, 0.05) is 25.3 Å². The van der Waals surface area contributed by atoms with Crippen LogP contribution in [0.3, 0.4) is 0 Å². The predicted octanol–water partition coefficient (Wildman–Crippen LogP) is 1.17. The van der Waals surface area contributed by atoms with E-state index in [1.807, 2.05) is 16.7 Å². The second-order valence-corrected chi connectivity index (χ2v) is 6.43. The summed E-state index contributed by atoms with van der Waals surface area (Å²) in [5, 5.41) is 0. The molecular weight excluding hydrogens is 256 g/mol. The average Bonchev–Trinajstić information content (AvgIpc) is 2.93. The Balaban J connectivity index is 1.94. The van der Waals surface area contributed by atoms with Gasteiger partial charge >= 0.3 is 0 Å². The highest BCUT2D eigenvalue weighted by Crippen LogP contribution is 2.37. The van der Waals surface area contributed by atoms with Crippen LogP contribution in [0, 0.1) is 0 Å². The van der Waals surface area contributed by atoms with Gasteiger partial charge in [0.1, 0.15) is 12.1 Å². The van der Waals surface area contributed by atoms with Crippen molar-refractivity contribution >= 4 is 11.8 Å². The molecule has 112 valence electrons. The Labute approximate surface area is 120 Å². The molecule has 0 saturated carbocycles. The van der Waals surface area contributed by atoms with E-state index in [9.17, 15) is 9.59 Å². The smallest absolute Gasteiger partial charge is 0.246 e. The molecule has 0 aromatic carbocycles. The van der Waals surface area contributed by atoms with Crippen molar-refractivity contribution in [3.8, 4) is 0 Å². The number of hydrogen-bond donors (Lipinski definition) is 0. The van der Waals surface area contributed by atoms with E-state index in [2.05, 4.69) is 6.92 Å². The molecule has 3 rings (SSSR count). The van der Waals surface area contributed by atoms with E-state index in [1.165, 1.54) is 0 Å². The number of carbonyl (C=O) groups is 2. The van der Waals surface area contributed by atoms with Crippen molar-refractivity contribution in [2.75, 3.05) is 19.8 Å². The maximum atomic E-state index is 12.9. The van der Waals surface area contributed by atoms with Crippen molar-refractivity contribution in [3.63, 3.8) is 0 Å².